The van der Waals surface area contributed by atoms with E-state index < -0.39 is 11.8 Å². The lowest BCUT2D eigenvalue weighted by Gasteiger charge is -2.51. The zero-order valence-electron chi connectivity index (χ0n) is 16.4. The van der Waals surface area contributed by atoms with Gasteiger partial charge in [0, 0.05) is 18.3 Å². The van der Waals surface area contributed by atoms with E-state index in [0.717, 1.165) is 16.8 Å². The Bertz CT molecular complexity index is 880. The first-order chi connectivity index (χ1) is 13.6. The lowest BCUT2D eigenvalue weighted by molar-refractivity contribution is -0.245. The second kappa shape index (κ2) is 7.78. The maximum absolute atomic E-state index is 11.8. The van der Waals surface area contributed by atoms with Crippen molar-refractivity contribution in [1.29, 1.82) is 0 Å². The normalized spacial score (nSPS) is 24.8. The summed E-state index contributed by atoms with van der Waals surface area (Å²) in [7, 11) is 0. The van der Waals surface area contributed by atoms with Crippen LogP contribution in [0.15, 0.2) is 66.4 Å². The number of amides is 1. The average molecular weight is 378 g/mol. The van der Waals surface area contributed by atoms with Crippen LogP contribution in [0.3, 0.4) is 0 Å². The highest BCUT2D eigenvalue weighted by atomic mass is 16.7. The third-order valence-corrected chi connectivity index (χ3v) is 5.53. The van der Waals surface area contributed by atoms with Crippen molar-refractivity contribution >= 4 is 5.91 Å². The van der Waals surface area contributed by atoms with Crippen molar-refractivity contribution in [2.45, 2.75) is 32.3 Å². The predicted octanol–water partition coefficient (Wildman–Crippen LogP) is 3.10. The Balaban J connectivity index is 1.65. The highest BCUT2D eigenvalue weighted by molar-refractivity contribution is 5.90. The molecule has 2 aliphatic heterocycles. The molecule has 2 aromatic rings. The maximum atomic E-state index is 11.8. The first kappa shape index (κ1) is 18.7. The first-order valence-electron chi connectivity index (χ1n) is 9.68. The number of aryl methyl sites for hydroxylation is 1. The molecule has 0 saturated carbocycles. The Labute approximate surface area is 165 Å². The molecule has 0 aliphatic carbocycles. The monoisotopic (exact) mass is 378 g/mol. The van der Waals surface area contributed by atoms with Crippen LogP contribution in [0.1, 0.15) is 23.6 Å². The van der Waals surface area contributed by atoms with Gasteiger partial charge in [0.05, 0.1) is 19.8 Å². The highest BCUT2D eigenvalue weighted by Gasteiger charge is 2.47. The minimum atomic E-state index is -0.540. The molecule has 1 saturated heterocycles. The number of ether oxygens (including phenoxy) is 2. The van der Waals surface area contributed by atoms with Crippen LogP contribution in [0.2, 0.25) is 0 Å². The molecule has 2 aliphatic rings. The predicted molar refractivity (Wildman–Crippen MR) is 107 cm³/mol. The van der Waals surface area contributed by atoms with Crippen molar-refractivity contribution in [2.24, 2.45) is 0 Å². The van der Waals surface area contributed by atoms with Gasteiger partial charge in [0.25, 0.3) is 0 Å². The number of hydrogen-bond acceptors (Lipinski definition) is 4. The Morgan fingerprint density at radius 3 is 2.75 bits per heavy atom. The molecule has 5 heteroatoms. The van der Waals surface area contributed by atoms with Crippen LogP contribution < -0.4 is 5.32 Å². The van der Waals surface area contributed by atoms with Gasteiger partial charge in [-0.1, -0.05) is 60.2 Å². The van der Waals surface area contributed by atoms with Gasteiger partial charge in [0.2, 0.25) is 5.91 Å². The van der Waals surface area contributed by atoms with E-state index >= 15 is 0 Å². The summed E-state index contributed by atoms with van der Waals surface area (Å²) in [5, 5.41) is 2.88. The van der Waals surface area contributed by atoms with E-state index in [1.54, 1.807) is 6.08 Å². The number of morpholine rings is 1. The third kappa shape index (κ3) is 3.55. The molecule has 5 nitrogen and oxygen atoms in total. The second-order valence-electron chi connectivity index (χ2n) is 7.52. The molecular weight excluding hydrogens is 352 g/mol. The summed E-state index contributed by atoms with van der Waals surface area (Å²) in [6, 6.07) is 18.5. The molecule has 28 heavy (non-hydrogen) atoms. The van der Waals surface area contributed by atoms with E-state index in [9.17, 15) is 4.79 Å². The van der Waals surface area contributed by atoms with Gasteiger partial charge < -0.3 is 19.7 Å². The fourth-order valence-corrected chi connectivity index (χ4v) is 4.07. The summed E-state index contributed by atoms with van der Waals surface area (Å²) in [6.07, 6.45) is 1.23. The van der Waals surface area contributed by atoms with E-state index in [4.69, 9.17) is 9.47 Å². The van der Waals surface area contributed by atoms with Crippen molar-refractivity contribution in [3.8, 4) is 0 Å². The van der Waals surface area contributed by atoms with Gasteiger partial charge in [-0.05, 0) is 25.0 Å². The first-order valence-corrected chi connectivity index (χ1v) is 9.68. The van der Waals surface area contributed by atoms with E-state index in [0.29, 0.717) is 26.3 Å². The maximum Gasteiger partial charge on any atom is 0.246 e. The molecule has 2 atom stereocenters. The average Bonchev–Trinajstić information content (AvgIpc) is 3.14. The molecule has 146 valence electrons. The van der Waals surface area contributed by atoms with Crippen molar-refractivity contribution in [2.75, 3.05) is 19.7 Å². The number of benzene rings is 2. The molecular formula is C23H26N2O3. The molecule has 1 N–H and O–H groups in total. The number of carbonyl (C=O) groups excluding carboxylic acids is 1. The molecule has 2 heterocycles. The van der Waals surface area contributed by atoms with Crippen LogP contribution in [0.5, 0.6) is 0 Å². The van der Waals surface area contributed by atoms with Crippen LogP contribution >= 0.6 is 0 Å². The van der Waals surface area contributed by atoms with Crippen LogP contribution in [-0.4, -0.2) is 36.8 Å². The van der Waals surface area contributed by atoms with Crippen LogP contribution in [0.25, 0.3) is 0 Å². The topological polar surface area (TPSA) is 50.8 Å². The van der Waals surface area contributed by atoms with Crippen LogP contribution in [0, 0.1) is 6.92 Å². The fourth-order valence-electron chi connectivity index (χ4n) is 4.07. The summed E-state index contributed by atoms with van der Waals surface area (Å²) in [4.78, 5) is 14.0. The largest absolute Gasteiger partial charge is 0.357 e. The van der Waals surface area contributed by atoms with Crippen molar-refractivity contribution in [3.63, 3.8) is 0 Å². The summed E-state index contributed by atoms with van der Waals surface area (Å²) < 4.78 is 12.4. The Hall–Kier alpha value is -2.63. The summed E-state index contributed by atoms with van der Waals surface area (Å²) >= 11 is 0. The Morgan fingerprint density at radius 1 is 1.21 bits per heavy atom. The highest BCUT2D eigenvalue weighted by Crippen LogP contribution is 2.40. The summed E-state index contributed by atoms with van der Waals surface area (Å²) in [6.45, 7) is 6.46. The number of nitrogens with zero attached hydrogens (tertiary/aromatic N) is 1. The third-order valence-electron chi connectivity index (χ3n) is 5.53. The standard InChI is InChI=1S/C23H26N2O3/c1-17-7-6-8-18(13-17)16-28-22-23(2,19-9-4-3-5-10-19)25(11-12-27-22)20-14-21(26)24-15-20/h3-10,13-14,22H,11-12,15-16H2,1-2H3,(H,24,26)/t22-,23+/m1/s1. The van der Waals surface area contributed by atoms with E-state index in [2.05, 4.69) is 54.4 Å². The van der Waals surface area contributed by atoms with E-state index in [-0.39, 0.29) is 5.91 Å². The van der Waals surface area contributed by atoms with Gasteiger partial charge in [0.15, 0.2) is 6.29 Å². The quantitative estimate of drug-likeness (QED) is 0.869. The van der Waals surface area contributed by atoms with Crippen molar-refractivity contribution in [3.05, 3.63) is 83.1 Å². The van der Waals surface area contributed by atoms with Crippen LogP contribution in [0.4, 0.5) is 0 Å². The molecule has 1 amide bonds. The molecule has 0 spiro atoms. The summed E-state index contributed by atoms with van der Waals surface area (Å²) in [5.74, 6) is -0.0471. The minimum Gasteiger partial charge on any atom is -0.357 e. The zero-order chi connectivity index (χ0) is 19.6. The lowest BCUT2D eigenvalue weighted by atomic mass is 9.87. The van der Waals surface area contributed by atoms with E-state index in [1.165, 1.54) is 5.56 Å². The van der Waals surface area contributed by atoms with Crippen LogP contribution in [-0.2, 0) is 26.4 Å². The minimum absolute atomic E-state index is 0.0471. The number of hydrogen-bond donors (Lipinski definition) is 1. The van der Waals surface area contributed by atoms with E-state index in [1.807, 2.05) is 24.3 Å². The van der Waals surface area contributed by atoms with Gasteiger partial charge in [-0.25, -0.2) is 0 Å². The van der Waals surface area contributed by atoms with Gasteiger partial charge in [0.1, 0.15) is 5.54 Å². The van der Waals surface area contributed by atoms with Gasteiger partial charge in [-0.2, -0.15) is 0 Å². The Morgan fingerprint density at radius 2 is 2.04 bits per heavy atom. The van der Waals surface area contributed by atoms with Gasteiger partial charge in [-0.3, -0.25) is 4.79 Å². The van der Waals surface area contributed by atoms with Crippen molar-refractivity contribution < 1.29 is 14.3 Å². The van der Waals surface area contributed by atoms with Crippen molar-refractivity contribution in [1.82, 2.24) is 10.2 Å². The fraction of sp³-hybridized carbons (Fsp3) is 0.348. The number of rotatable bonds is 5. The number of carbonyl (C=O) groups is 1. The smallest absolute Gasteiger partial charge is 0.246 e. The lowest BCUT2D eigenvalue weighted by Crippen LogP contribution is -2.58. The molecule has 0 bridgehead atoms. The summed E-state index contributed by atoms with van der Waals surface area (Å²) in [5.41, 5.74) is 3.86. The SMILES string of the molecule is Cc1cccc(CO[C@H]2OCCN(C3=CC(=O)NC3)[C@@]2(C)c2ccccc2)c1. The van der Waals surface area contributed by atoms with Gasteiger partial charge in [-0.15, -0.1) is 0 Å². The Kier molecular flexibility index (Phi) is 5.20. The van der Waals surface area contributed by atoms with Gasteiger partial charge >= 0.3 is 0 Å². The molecule has 0 aromatic heterocycles. The molecule has 0 radical (unpaired) electrons. The molecule has 2 aromatic carbocycles. The molecule has 0 unspecified atom stereocenters. The zero-order valence-corrected chi connectivity index (χ0v) is 16.4. The molecule has 4 rings (SSSR count). The second-order valence-corrected chi connectivity index (χ2v) is 7.52. The molecule has 1 fully saturated rings. The number of nitrogens with one attached hydrogen (secondary N) is 1.